The molecular formula is C12H18O2. The smallest absolute Gasteiger partial charge is 0.0460 e. The van der Waals surface area contributed by atoms with E-state index in [9.17, 15) is 0 Å². The predicted molar refractivity (Wildman–Crippen MR) is 57.0 cm³/mol. The standard InChI is InChI=1S/C12H18O2/c13-9-8-12(10-14)7-6-11-4-2-1-3-5-11/h1-5,12-14H,6-10H2. The normalized spacial score (nSPS) is 12.7. The highest BCUT2D eigenvalue weighted by Crippen LogP contribution is 2.12. The van der Waals surface area contributed by atoms with Crippen LogP contribution in [0.15, 0.2) is 30.3 Å². The molecule has 0 aliphatic rings. The molecule has 2 nitrogen and oxygen atoms in total. The zero-order valence-electron chi connectivity index (χ0n) is 8.39. The van der Waals surface area contributed by atoms with E-state index in [-0.39, 0.29) is 19.1 Å². The molecule has 1 aromatic carbocycles. The summed E-state index contributed by atoms with van der Waals surface area (Å²) in [7, 11) is 0. The highest BCUT2D eigenvalue weighted by molar-refractivity contribution is 5.14. The molecule has 0 fully saturated rings. The molecule has 2 N–H and O–H groups in total. The first-order chi connectivity index (χ1) is 6.86. The van der Waals surface area contributed by atoms with Crippen LogP contribution in [0.2, 0.25) is 0 Å². The summed E-state index contributed by atoms with van der Waals surface area (Å²) in [4.78, 5) is 0. The molecule has 0 heterocycles. The molecule has 0 aliphatic heterocycles. The van der Waals surface area contributed by atoms with E-state index in [1.165, 1.54) is 5.56 Å². The van der Waals surface area contributed by atoms with Crippen molar-refractivity contribution in [3.05, 3.63) is 35.9 Å². The van der Waals surface area contributed by atoms with Crippen LogP contribution in [0.1, 0.15) is 18.4 Å². The van der Waals surface area contributed by atoms with Crippen molar-refractivity contribution in [2.24, 2.45) is 5.92 Å². The van der Waals surface area contributed by atoms with Crippen molar-refractivity contribution in [3.8, 4) is 0 Å². The highest BCUT2D eigenvalue weighted by Gasteiger charge is 2.06. The first-order valence-corrected chi connectivity index (χ1v) is 5.12. The van der Waals surface area contributed by atoms with Gasteiger partial charge in [0.15, 0.2) is 0 Å². The number of rotatable bonds is 6. The molecule has 1 aromatic rings. The van der Waals surface area contributed by atoms with Crippen molar-refractivity contribution in [1.29, 1.82) is 0 Å². The number of aryl methyl sites for hydroxylation is 1. The summed E-state index contributed by atoms with van der Waals surface area (Å²) in [6, 6.07) is 10.2. The van der Waals surface area contributed by atoms with Crippen LogP contribution >= 0.6 is 0 Å². The maximum absolute atomic E-state index is 9.02. The Hall–Kier alpha value is -0.860. The van der Waals surface area contributed by atoms with Crippen molar-refractivity contribution in [2.45, 2.75) is 19.3 Å². The SMILES string of the molecule is OCCC(CO)CCc1ccccc1. The van der Waals surface area contributed by atoms with Crippen LogP contribution in [0.5, 0.6) is 0 Å². The molecule has 0 aromatic heterocycles. The molecule has 0 bridgehead atoms. The topological polar surface area (TPSA) is 40.5 Å². The first kappa shape index (κ1) is 11.2. The summed E-state index contributed by atoms with van der Waals surface area (Å²) < 4.78 is 0. The lowest BCUT2D eigenvalue weighted by molar-refractivity contribution is 0.177. The summed E-state index contributed by atoms with van der Waals surface area (Å²) in [5.41, 5.74) is 1.30. The third kappa shape index (κ3) is 3.90. The lowest BCUT2D eigenvalue weighted by atomic mass is 9.98. The van der Waals surface area contributed by atoms with E-state index < -0.39 is 0 Å². The number of benzene rings is 1. The molecule has 78 valence electrons. The Bertz CT molecular complexity index is 233. The molecular weight excluding hydrogens is 176 g/mol. The number of aliphatic hydroxyl groups is 2. The van der Waals surface area contributed by atoms with Gasteiger partial charge in [0.25, 0.3) is 0 Å². The quantitative estimate of drug-likeness (QED) is 0.722. The lowest BCUT2D eigenvalue weighted by Crippen LogP contribution is -2.09. The fraction of sp³-hybridized carbons (Fsp3) is 0.500. The van der Waals surface area contributed by atoms with Crippen LogP contribution < -0.4 is 0 Å². The summed E-state index contributed by atoms with van der Waals surface area (Å²) in [5.74, 6) is 0.236. The molecule has 14 heavy (non-hydrogen) atoms. The Kier molecular flexibility index (Phi) is 5.27. The van der Waals surface area contributed by atoms with Crippen molar-refractivity contribution < 1.29 is 10.2 Å². The lowest BCUT2D eigenvalue weighted by Gasteiger charge is -2.11. The van der Waals surface area contributed by atoms with E-state index in [4.69, 9.17) is 10.2 Å². The van der Waals surface area contributed by atoms with Gasteiger partial charge in [-0.25, -0.2) is 0 Å². The van der Waals surface area contributed by atoms with Gasteiger partial charge in [-0.3, -0.25) is 0 Å². The predicted octanol–water partition coefficient (Wildman–Crippen LogP) is 1.61. The van der Waals surface area contributed by atoms with Gasteiger partial charge in [-0.15, -0.1) is 0 Å². The van der Waals surface area contributed by atoms with Crippen LogP contribution in [0.4, 0.5) is 0 Å². The summed E-state index contributed by atoms with van der Waals surface area (Å²) >= 11 is 0. The monoisotopic (exact) mass is 194 g/mol. The highest BCUT2D eigenvalue weighted by atomic mass is 16.3. The van der Waals surface area contributed by atoms with E-state index >= 15 is 0 Å². The molecule has 0 radical (unpaired) electrons. The van der Waals surface area contributed by atoms with Gasteiger partial charge in [0.2, 0.25) is 0 Å². The maximum atomic E-state index is 9.02. The molecule has 2 heteroatoms. The Morgan fingerprint density at radius 2 is 1.71 bits per heavy atom. The van der Waals surface area contributed by atoms with Gasteiger partial charge >= 0.3 is 0 Å². The van der Waals surface area contributed by atoms with E-state index in [0.29, 0.717) is 6.42 Å². The second-order valence-electron chi connectivity index (χ2n) is 3.59. The Morgan fingerprint density at radius 3 is 2.29 bits per heavy atom. The van der Waals surface area contributed by atoms with Gasteiger partial charge in [-0.1, -0.05) is 30.3 Å². The van der Waals surface area contributed by atoms with Gasteiger partial charge in [0.1, 0.15) is 0 Å². The third-order valence-corrected chi connectivity index (χ3v) is 2.48. The Labute approximate surface area is 85.2 Å². The van der Waals surface area contributed by atoms with Crippen molar-refractivity contribution >= 4 is 0 Å². The fourth-order valence-corrected chi connectivity index (χ4v) is 1.52. The van der Waals surface area contributed by atoms with Crippen LogP contribution in [-0.4, -0.2) is 23.4 Å². The average Bonchev–Trinajstić information content (AvgIpc) is 2.25. The molecule has 0 saturated carbocycles. The number of hydrogen-bond donors (Lipinski definition) is 2. The Morgan fingerprint density at radius 1 is 1.00 bits per heavy atom. The minimum Gasteiger partial charge on any atom is -0.396 e. The molecule has 1 unspecified atom stereocenters. The van der Waals surface area contributed by atoms with Gasteiger partial charge in [0, 0.05) is 13.2 Å². The minimum absolute atomic E-state index is 0.167. The van der Waals surface area contributed by atoms with Crippen LogP contribution in [-0.2, 0) is 6.42 Å². The Balaban J connectivity index is 2.32. The largest absolute Gasteiger partial charge is 0.396 e. The molecule has 0 spiro atoms. The maximum Gasteiger partial charge on any atom is 0.0460 e. The van der Waals surface area contributed by atoms with Crippen LogP contribution in [0, 0.1) is 5.92 Å². The van der Waals surface area contributed by atoms with Gasteiger partial charge < -0.3 is 10.2 Å². The zero-order chi connectivity index (χ0) is 10.2. The van der Waals surface area contributed by atoms with E-state index in [2.05, 4.69) is 12.1 Å². The van der Waals surface area contributed by atoms with E-state index in [1.54, 1.807) is 0 Å². The summed E-state index contributed by atoms with van der Waals surface area (Å²) in [5, 5.41) is 17.8. The van der Waals surface area contributed by atoms with Crippen molar-refractivity contribution in [1.82, 2.24) is 0 Å². The van der Waals surface area contributed by atoms with Gasteiger partial charge in [-0.05, 0) is 30.7 Å². The minimum atomic E-state index is 0.167. The second kappa shape index (κ2) is 6.57. The zero-order valence-corrected chi connectivity index (χ0v) is 8.39. The summed E-state index contributed by atoms with van der Waals surface area (Å²) in [6.07, 6.45) is 2.62. The molecule has 0 amide bonds. The molecule has 0 saturated heterocycles. The first-order valence-electron chi connectivity index (χ1n) is 5.12. The third-order valence-electron chi connectivity index (χ3n) is 2.48. The average molecular weight is 194 g/mol. The van der Waals surface area contributed by atoms with Crippen molar-refractivity contribution in [3.63, 3.8) is 0 Å². The number of hydrogen-bond acceptors (Lipinski definition) is 2. The summed E-state index contributed by atoms with van der Waals surface area (Å²) in [6.45, 7) is 0.341. The van der Waals surface area contributed by atoms with E-state index in [0.717, 1.165) is 12.8 Å². The number of aliphatic hydroxyl groups excluding tert-OH is 2. The fourth-order valence-electron chi connectivity index (χ4n) is 1.52. The van der Waals surface area contributed by atoms with Crippen molar-refractivity contribution in [2.75, 3.05) is 13.2 Å². The molecule has 1 rings (SSSR count). The van der Waals surface area contributed by atoms with Gasteiger partial charge in [-0.2, -0.15) is 0 Å². The van der Waals surface area contributed by atoms with Crippen LogP contribution in [0.25, 0.3) is 0 Å². The molecule has 0 aliphatic carbocycles. The van der Waals surface area contributed by atoms with Gasteiger partial charge in [0.05, 0.1) is 0 Å². The molecule has 1 atom stereocenters. The van der Waals surface area contributed by atoms with E-state index in [1.807, 2.05) is 18.2 Å². The second-order valence-corrected chi connectivity index (χ2v) is 3.59. The van der Waals surface area contributed by atoms with Crippen LogP contribution in [0.3, 0.4) is 0 Å².